The molecule has 1 aromatic rings. The van der Waals surface area contributed by atoms with E-state index in [1.165, 1.54) is 31.9 Å². The average molecular weight is 669 g/mol. The number of esters is 1. The number of carbonyl (C=O) groups is 2. The summed E-state index contributed by atoms with van der Waals surface area (Å²) in [6.45, 7) is 12.6. The van der Waals surface area contributed by atoms with Gasteiger partial charge in [-0.05, 0) is 65.0 Å². The third-order valence-corrected chi connectivity index (χ3v) is 10.4. The van der Waals surface area contributed by atoms with Gasteiger partial charge in [-0.2, -0.15) is 0 Å². The topological polar surface area (TPSA) is 199 Å². The molecular weight excluding hydrogens is 612 g/mol. The van der Waals surface area contributed by atoms with Crippen LogP contribution in [-0.4, -0.2) is 126 Å². The van der Waals surface area contributed by atoms with E-state index < -0.39 is 95.9 Å². The van der Waals surface area contributed by atoms with Gasteiger partial charge in [0.2, 0.25) is 0 Å². The maximum absolute atomic E-state index is 13.3. The lowest BCUT2D eigenvalue weighted by molar-refractivity contribution is -0.299. The molecule has 6 N–H and O–H groups in total. The molecule has 47 heavy (non-hydrogen) atoms. The Labute approximate surface area is 277 Å². The van der Waals surface area contributed by atoms with Crippen molar-refractivity contribution in [2.24, 2.45) is 23.7 Å². The van der Waals surface area contributed by atoms with Gasteiger partial charge < -0.3 is 49.7 Å². The van der Waals surface area contributed by atoms with E-state index in [0.29, 0.717) is 5.56 Å². The van der Waals surface area contributed by atoms with Crippen LogP contribution in [0.15, 0.2) is 24.5 Å². The summed E-state index contributed by atoms with van der Waals surface area (Å²) in [5.74, 6) is -4.85. The van der Waals surface area contributed by atoms with E-state index in [-0.39, 0.29) is 25.2 Å². The van der Waals surface area contributed by atoms with Gasteiger partial charge in [0.1, 0.15) is 17.8 Å². The number of carbonyl (C=O) groups excluding carboxylic acids is 2. The normalized spacial score (nSPS) is 44.2. The molecule has 13 heteroatoms. The summed E-state index contributed by atoms with van der Waals surface area (Å²) in [6, 6.07) is 2.52. The van der Waals surface area contributed by atoms with Crippen molar-refractivity contribution in [1.29, 1.82) is 0 Å². The van der Waals surface area contributed by atoms with Crippen molar-refractivity contribution in [2.75, 3.05) is 7.05 Å². The number of pyridine rings is 1. The number of aliphatic hydroxyl groups is 6. The van der Waals surface area contributed by atoms with Crippen LogP contribution in [0.2, 0.25) is 0 Å². The predicted octanol–water partition coefficient (Wildman–Crippen LogP) is 1.26. The molecular formula is C34H56N2O11. The Morgan fingerprint density at radius 2 is 1.68 bits per heavy atom. The first-order chi connectivity index (χ1) is 21.8. The molecule has 0 spiro atoms. The molecule has 2 fully saturated rings. The van der Waals surface area contributed by atoms with Gasteiger partial charge in [-0.3, -0.25) is 14.6 Å². The monoisotopic (exact) mass is 668 g/mol. The molecule has 0 unspecified atom stereocenters. The summed E-state index contributed by atoms with van der Waals surface area (Å²) in [5.41, 5.74) is -3.37. The average Bonchev–Trinajstić information content (AvgIpc) is 3.03. The van der Waals surface area contributed by atoms with Crippen LogP contribution in [-0.2, 0) is 19.0 Å². The van der Waals surface area contributed by atoms with Crippen LogP contribution in [0, 0.1) is 23.7 Å². The van der Waals surface area contributed by atoms with Gasteiger partial charge in [-0.15, -0.1) is 0 Å². The molecule has 0 bridgehead atoms. The van der Waals surface area contributed by atoms with Crippen LogP contribution < -0.4 is 0 Å². The van der Waals surface area contributed by atoms with Crippen molar-refractivity contribution in [3.8, 4) is 0 Å². The van der Waals surface area contributed by atoms with Crippen LogP contribution in [0.25, 0.3) is 0 Å². The molecule has 3 heterocycles. The molecule has 2 aliphatic heterocycles. The first kappa shape index (κ1) is 39.2. The Kier molecular flexibility index (Phi) is 13.0. The van der Waals surface area contributed by atoms with E-state index in [1.807, 2.05) is 0 Å². The maximum atomic E-state index is 13.3. The van der Waals surface area contributed by atoms with E-state index in [9.17, 15) is 40.2 Å². The minimum atomic E-state index is -1.92. The van der Waals surface area contributed by atoms with Crippen LogP contribution in [0.3, 0.4) is 0 Å². The van der Waals surface area contributed by atoms with Crippen molar-refractivity contribution in [3.05, 3.63) is 30.1 Å². The quantitative estimate of drug-likeness (QED) is 0.246. The molecule has 3 rings (SSSR count). The predicted molar refractivity (Wildman–Crippen MR) is 171 cm³/mol. The van der Waals surface area contributed by atoms with Crippen LogP contribution in [0.1, 0.15) is 85.0 Å². The van der Waals surface area contributed by atoms with Crippen LogP contribution in [0.4, 0.5) is 0 Å². The van der Waals surface area contributed by atoms with Gasteiger partial charge in [0.15, 0.2) is 6.29 Å². The van der Waals surface area contributed by atoms with E-state index in [2.05, 4.69) is 4.98 Å². The van der Waals surface area contributed by atoms with E-state index in [1.54, 1.807) is 60.0 Å². The summed E-state index contributed by atoms with van der Waals surface area (Å²) >= 11 is 0. The lowest BCUT2D eigenvalue weighted by Gasteiger charge is -2.47. The zero-order chi connectivity index (χ0) is 35.6. The lowest BCUT2D eigenvalue weighted by atomic mass is 9.73. The molecule has 1 aromatic heterocycles. The van der Waals surface area contributed by atoms with Gasteiger partial charge in [-0.25, -0.2) is 0 Å². The molecule has 268 valence electrons. The molecule has 13 nitrogen and oxygen atoms in total. The van der Waals surface area contributed by atoms with Crippen LogP contribution in [0.5, 0.6) is 0 Å². The lowest BCUT2D eigenvalue weighted by Crippen LogP contribution is -2.61. The second-order valence-corrected chi connectivity index (χ2v) is 14.4. The standard InChI is InChI=1S/C34H56N2O11/c1-10-24-34(8,44)28(40)19(4)25(37)17(2)15-33(7,43)29(20(5)26(38)21(6)31(42)46-24)47-32-27(39)23(14-18(3)45-32)36(9)30(41)22-12-11-13-35-16-22/h11-13,16-21,23-29,32,37-40,43-44H,10,14-15H2,1-9H3/t17-,18-,19+,20+,21-,23+,24-,25+,26+,27-,28-,29-,32+,33-,34-/m1/s1. The molecule has 0 aromatic carbocycles. The van der Waals surface area contributed by atoms with Crippen molar-refractivity contribution in [1.82, 2.24) is 9.88 Å². The Balaban J connectivity index is 1.99. The first-order valence-electron chi connectivity index (χ1n) is 16.6. The highest BCUT2D eigenvalue weighted by molar-refractivity contribution is 5.93. The highest BCUT2D eigenvalue weighted by Gasteiger charge is 2.51. The maximum Gasteiger partial charge on any atom is 0.311 e. The summed E-state index contributed by atoms with van der Waals surface area (Å²) in [5, 5.41) is 68.8. The summed E-state index contributed by atoms with van der Waals surface area (Å²) in [7, 11) is 1.56. The number of likely N-dealkylation sites (N-methyl/N-ethyl adjacent to an activating group) is 1. The van der Waals surface area contributed by atoms with E-state index >= 15 is 0 Å². The van der Waals surface area contributed by atoms with Crippen molar-refractivity contribution in [3.63, 3.8) is 0 Å². The number of aliphatic hydroxyl groups excluding tert-OH is 4. The zero-order valence-corrected chi connectivity index (χ0v) is 29.1. The SMILES string of the molecule is CC[C@H]1OC(=O)[C@H](C)[C@@H](O)[C@H](C)[C@@H](O[C@@H]2O[C@H](C)C[C@H](N(C)C(=O)c3cccnc3)[C@H]2O)[C@](C)(O)C[C@@H](C)[C@H](O)[C@H](C)[C@@H](O)[C@]1(C)O. The molecule has 2 aliphatic rings. The number of hydrogen-bond acceptors (Lipinski definition) is 12. The smallest absolute Gasteiger partial charge is 0.311 e. The zero-order valence-electron chi connectivity index (χ0n) is 29.1. The highest BCUT2D eigenvalue weighted by atomic mass is 16.7. The van der Waals surface area contributed by atoms with Crippen molar-refractivity contribution >= 4 is 11.9 Å². The fourth-order valence-corrected chi connectivity index (χ4v) is 7.30. The molecule has 0 saturated carbocycles. The number of nitrogens with zero attached hydrogens (tertiary/aromatic N) is 2. The number of hydrogen-bond donors (Lipinski definition) is 6. The minimum Gasteiger partial charge on any atom is -0.459 e. The van der Waals surface area contributed by atoms with Gasteiger partial charge in [0.05, 0.1) is 53.6 Å². The summed E-state index contributed by atoms with van der Waals surface area (Å²) < 4.78 is 18.0. The van der Waals surface area contributed by atoms with Gasteiger partial charge in [0, 0.05) is 31.3 Å². The second kappa shape index (κ2) is 15.5. The molecule has 0 aliphatic carbocycles. The fourth-order valence-electron chi connectivity index (χ4n) is 7.30. The molecule has 0 radical (unpaired) electrons. The molecule has 15 atom stereocenters. The van der Waals surface area contributed by atoms with Crippen LogP contribution >= 0.6 is 0 Å². The number of amides is 1. The first-order valence-corrected chi connectivity index (χ1v) is 16.6. The Hall–Kier alpha value is -2.23. The summed E-state index contributed by atoms with van der Waals surface area (Å²) in [6.07, 6.45) is -6.41. The number of ether oxygens (including phenoxy) is 3. The molecule has 2 saturated heterocycles. The second-order valence-electron chi connectivity index (χ2n) is 14.4. The fraction of sp³-hybridized carbons (Fsp3) is 0.794. The number of aromatic nitrogens is 1. The Bertz CT molecular complexity index is 1180. The van der Waals surface area contributed by atoms with Gasteiger partial charge in [-0.1, -0.05) is 27.7 Å². The van der Waals surface area contributed by atoms with Gasteiger partial charge >= 0.3 is 5.97 Å². The van der Waals surface area contributed by atoms with E-state index in [0.717, 1.165) is 0 Å². The third-order valence-electron chi connectivity index (χ3n) is 10.4. The number of rotatable bonds is 5. The van der Waals surface area contributed by atoms with Crippen molar-refractivity contribution < 1.29 is 54.4 Å². The largest absolute Gasteiger partial charge is 0.459 e. The van der Waals surface area contributed by atoms with Crippen molar-refractivity contribution in [2.45, 2.75) is 141 Å². The van der Waals surface area contributed by atoms with Gasteiger partial charge in [0.25, 0.3) is 5.91 Å². The van der Waals surface area contributed by atoms with E-state index in [4.69, 9.17) is 14.2 Å². The summed E-state index contributed by atoms with van der Waals surface area (Å²) in [4.78, 5) is 32.0. The number of cyclic esters (lactones) is 1. The highest BCUT2D eigenvalue weighted by Crippen LogP contribution is 2.38. The minimum absolute atomic E-state index is 0.0909. The molecule has 1 amide bonds. The Morgan fingerprint density at radius 1 is 1.04 bits per heavy atom. The third kappa shape index (κ3) is 8.50. The Morgan fingerprint density at radius 3 is 2.26 bits per heavy atom.